The molecule has 1 heterocycles. The van der Waals surface area contributed by atoms with Gasteiger partial charge in [0.05, 0.1) is 17.9 Å². The van der Waals surface area contributed by atoms with E-state index >= 15 is 0 Å². The molecule has 0 saturated carbocycles. The number of hydrogen-bond acceptors (Lipinski definition) is 4. The van der Waals surface area contributed by atoms with Crippen LogP contribution in [0.5, 0.6) is 5.75 Å². The minimum absolute atomic E-state index is 0.0827. The second kappa shape index (κ2) is 8.84. The van der Waals surface area contributed by atoms with Crippen molar-refractivity contribution in [2.75, 3.05) is 37.0 Å². The number of nitrogens with one attached hydrogen (secondary N) is 1. The van der Waals surface area contributed by atoms with E-state index in [-0.39, 0.29) is 36.6 Å². The third-order valence-corrected chi connectivity index (χ3v) is 4.59. The predicted octanol–water partition coefficient (Wildman–Crippen LogP) is 2.90. The first-order chi connectivity index (χ1) is 13.4. The molecule has 0 fully saturated rings. The normalized spacial score (nSPS) is 16.4. The first-order valence-corrected chi connectivity index (χ1v) is 9.22. The van der Waals surface area contributed by atoms with E-state index < -0.39 is 0 Å². The SMILES string of the molecule is C[C@@H]1CC(=O)Nc2ccccc2N1C(=O)CN(C)CCOc1ccc(F)cc1. The monoisotopic (exact) mass is 385 g/mol. The van der Waals surface area contributed by atoms with Gasteiger partial charge < -0.3 is 15.0 Å². The van der Waals surface area contributed by atoms with Crippen LogP contribution < -0.4 is 15.0 Å². The van der Waals surface area contributed by atoms with Crippen molar-refractivity contribution in [1.29, 1.82) is 0 Å². The molecule has 2 amide bonds. The Balaban J connectivity index is 1.59. The molecule has 0 unspecified atom stereocenters. The van der Waals surface area contributed by atoms with Gasteiger partial charge in [-0.3, -0.25) is 14.5 Å². The molecule has 3 rings (SSSR count). The van der Waals surface area contributed by atoms with Crippen LogP contribution in [0.25, 0.3) is 0 Å². The maximum Gasteiger partial charge on any atom is 0.241 e. The molecule has 6 nitrogen and oxygen atoms in total. The summed E-state index contributed by atoms with van der Waals surface area (Å²) in [7, 11) is 1.84. The van der Waals surface area contributed by atoms with Gasteiger partial charge in [0.1, 0.15) is 18.2 Å². The lowest BCUT2D eigenvalue weighted by Crippen LogP contribution is -2.44. The van der Waals surface area contributed by atoms with E-state index in [1.807, 2.05) is 37.1 Å². The smallest absolute Gasteiger partial charge is 0.241 e. The zero-order chi connectivity index (χ0) is 20.1. The van der Waals surface area contributed by atoms with Crippen molar-refractivity contribution in [2.45, 2.75) is 19.4 Å². The van der Waals surface area contributed by atoms with Crippen molar-refractivity contribution in [1.82, 2.24) is 4.90 Å². The van der Waals surface area contributed by atoms with Crippen LogP contribution in [0.15, 0.2) is 48.5 Å². The lowest BCUT2D eigenvalue weighted by molar-refractivity contribution is -0.120. The number of carbonyl (C=O) groups is 2. The molecule has 1 aliphatic heterocycles. The summed E-state index contributed by atoms with van der Waals surface area (Å²) in [6.07, 6.45) is 0.248. The Morgan fingerprint density at radius 2 is 1.96 bits per heavy atom. The van der Waals surface area contributed by atoms with E-state index in [0.717, 1.165) is 0 Å². The van der Waals surface area contributed by atoms with Crippen LogP contribution in [0.2, 0.25) is 0 Å². The molecule has 2 aromatic rings. The van der Waals surface area contributed by atoms with Gasteiger partial charge in [0.2, 0.25) is 11.8 Å². The topological polar surface area (TPSA) is 61.9 Å². The average molecular weight is 385 g/mol. The highest BCUT2D eigenvalue weighted by Gasteiger charge is 2.29. The third-order valence-electron chi connectivity index (χ3n) is 4.59. The zero-order valence-corrected chi connectivity index (χ0v) is 16.0. The minimum Gasteiger partial charge on any atom is -0.492 e. The number of hydrogen-bond donors (Lipinski definition) is 1. The molecule has 0 aliphatic carbocycles. The number of likely N-dealkylation sites (N-methyl/N-ethyl adjacent to an activating group) is 1. The van der Waals surface area contributed by atoms with Gasteiger partial charge in [0, 0.05) is 19.0 Å². The molecule has 0 aromatic heterocycles. The van der Waals surface area contributed by atoms with Crippen molar-refractivity contribution in [3.8, 4) is 5.75 Å². The number of benzene rings is 2. The van der Waals surface area contributed by atoms with Crippen LogP contribution in [-0.4, -0.2) is 49.5 Å². The quantitative estimate of drug-likeness (QED) is 0.831. The molecule has 1 aliphatic rings. The summed E-state index contributed by atoms with van der Waals surface area (Å²) in [6.45, 7) is 2.97. The number of para-hydroxylation sites is 2. The third kappa shape index (κ3) is 4.86. The molecule has 7 heteroatoms. The van der Waals surface area contributed by atoms with E-state index in [1.165, 1.54) is 12.1 Å². The number of anilines is 2. The number of halogens is 1. The highest BCUT2D eigenvalue weighted by Crippen LogP contribution is 2.31. The fourth-order valence-corrected chi connectivity index (χ4v) is 3.20. The predicted molar refractivity (Wildman–Crippen MR) is 106 cm³/mol. The number of amides is 2. The van der Waals surface area contributed by atoms with Crippen molar-refractivity contribution in [3.05, 3.63) is 54.3 Å². The minimum atomic E-state index is -0.310. The highest BCUT2D eigenvalue weighted by molar-refractivity contribution is 6.04. The van der Waals surface area contributed by atoms with Crippen LogP contribution in [0.3, 0.4) is 0 Å². The molecule has 148 valence electrons. The molecule has 1 atom stereocenters. The maximum atomic E-state index is 13.0. The van der Waals surface area contributed by atoms with E-state index in [0.29, 0.717) is 30.3 Å². The summed E-state index contributed by atoms with van der Waals surface area (Å²) in [5, 5.41) is 2.85. The van der Waals surface area contributed by atoms with Gasteiger partial charge >= 0.3 is 0 Å². The summed E-state index contributed by atoms with van der Waals surface area (Å²) < 4.78 is 18.5. The average Bonchev–Trinajstić information content (AvgIpc) is 2.77. The van der Waals surface area contributed by atoms with Crippen LogP contribution in [-0.2, 0) is 9.59 Å². The van der Waals surface area contributed by atoms with Crippen molar-refractivity contribution >= 4 is 23.2 Å². The van der Waals surface area contributed by atoms with Crippen molar-refractivity contribution < 1.29 is 18.7 Å². The van der Waals surface area contributed by atoms with Gasteiger partial charge in [-0.15, -0.1) is 0 Å². The Kier molecular flexibility index (Phi) is 6.26. The second-order valence-corrected chi connectivity index (χ2v) is 6.92. The van der Waals surface area contributed by atoms with Crippen LogP contribution in [0, 0.1) is 5.82 Å². The fourth-order valence-electron chi connectivity index (χ4n) is 3.20. The number of ether oxygens (including phenoxy) is 1. The highest BCUT2D eigenvalue weighted by atomic mass is 19.1. The molecule has 0 radical (unpaired) electrons. The molecule has 0 spiro atoms. The molecular formula is C21H24FN3O3. The van der Waals surface area contributed by atoms with Crippen LogP contribution >= 0.6 is 0 Å². The summed E-state index contributed by atoms with van der Waals surface area (Å²) in [4.78, 5) is 28.6. The summed E-state index contributed by atoms with van der Waals surface area (Å²) >= 11 is 0. The molecule has 1 N–H and O–H groups in total. The van der Waals surface area contributed by atoms with E-state index in [4.69, 9.17) is 4.74 Å². The number of carbonyl (C=O) groups excluding carboxylic acids is 2. The number of rotatable bonds is 6. The van der Waals surface area contributed by atoms with Gasteiger partial charge in [-0.25, -0.2) is 4.39 Å². The van der Waals surface area contributed by atoms with Gasteiger partial charge in [-0.2, -0.15) is 0 Å². The van der Waals surface area contributed by atoms with Crippen LogP contribution in [0.1, 0.15) is 13.3 Å². The molecular weight excluding hydrogens is 361 g/mol. The van der Waals surface area contributed by atoms with E-state index in [1.54, 1.807) is 23.1 Å². The number of nitrogens with zero attached hydrogens (tertiary/aromatic N) is 2. The van der Waals surface area contributed by atoms with E-state index in [9.17, 15) is 14.0 Å². The Labute approximate surface area is 163 Å². The first kappa shape index (κ1) is 19.8. The molecule has 0 bridgehead atoms. The van der Waals surface area contributed by atoms with Gasteiger partial charge in [-0.1, -0.05) is 12.1 Å². The van der Waals surface area contributed by atoms with Gasteiger partial charge in [0.25, 0.3) is 0 Å². The molecule has 2 aromatic carbocycles. The Bertz CT molecular complexity index is 841. The van der Waals surface area contributed by atoms with Gasteiger partial charge in [-0.05, 0) is 50.4 Å². The lowest BCUT2D eigenvalue weighted by atomic mass is 10.1. The maximum absolute atomic E-state index is 13.0. The standard InChI is InChI=1S/C21H24FN3O3/c1-15-13-20(26)23-18-5-3-4-6-19(18)25(15)21(27)14-24(2)11-12-28-17-9-7-16(22)8-10-17/h3-10,15H,11-14H2,1-2H3,(H,23,26)/t15-/m1/s1. The molecule has 0 saturated heterocycles. The summed E-state index contributed by atoms with van der Waals surface area (Å²) in [5.41, 5.74) is 1.36. The molecule has 28 heavy (non-hydrogen) atoms. The second-order valence-electron chi connectivity index (χ2n) is 6.92. The first-order valence-electron chi connectivity index (χ1n) is 9.22. The Morgan fingerprint density at radius 1 is 1.25 bits per heavy atom. The lowest BCUT2D eigenvalue weighted by Gasteiger charge is -2.29. The number of fused-ring (bicyclic) bond motifs is 1. The van der Waals surface area contributed by atoms with Gasteiger partial charge in [0.15, 0.2) is 0 Å². The van der Waals surface area contributed by atoms with E-state index in [2.05, 4.69) is 5.32 Å². The largest absolute Gasteiger partial charge is 0.492 e. The summed E-state index contributed by atoms with van der Waals surface area (Å²) in [5.74, 6) is 0.0905. The van der Waals surface area contributed by atoms with Crippen molar-refractivity contribution in [3.63, 3.8) is 0 Å². The van der Waals surface area contributed by atoms with Crippen LogP contribution in [0.4, 0.5) is 15.8 Å². The Hall–Kier alpha value is -2.93. The summed E-state index contributed by atoms with van der Waals surface area (Å²) in [6, 6.07) is 12.9. The Morgan fingerprint density at radius 3 is 2.71 bits per heavy atom. The fraction of sp³-hybridized carbons (Fsp3) is 0.333. The zero-order valence-electron chi connectivity index (χ0n) is 16.0. The van der Waals surface area contributed by atoms with Crippen molar-refractivity contribution in [2.24, 2.45) is 0 Å².